The summed E-state index contributed by atoms with van der Waals surface area (Å²) in [7, 11) is 0. The number of benzene rings is 1. The first-order chi connectivity index (χ1) is 11.6. The van der Waals surface area contributed by atoms with Crippen molar-refractivity contribution >= 4 is 5.91 Å². The van der Waals surface area contributed by atoms with Gasteiger partial charge < -0.3 is 9.64 Å². The van der Waals surface area contributed by atoms with Crippen molar-refractivity contribution in [2.24, 2.45) is 0 Å². The number of hydrogen-bond acceptors (Lipinski definition) is 4. The highest BCUT2D eigenvalue weighted by Crippen LogP contribution is 2.20. The van der Waals surface area contributed by atoms with Gasteiger partial charge in [-0.3, -0.25) is 4.79 Å². The Hall–Kier alpha value is -3.01. The molecule has 0 aliphatic carbocycles. The number of halogens is 2. The minimum absolute atomic E-state index is 0.165. The van der Waals surface area contributed by atoms with Crippen LogP contribution in [-0.2, 0) is 0 Å². The predicted molar refractivity (Wildman–Crippen MR) is 80.2 cm³/mol. The summed E-state index contributed by atoms with van der Waals surface area (Å²) in [5.41, 5.74) is 0.265. The molecule has 0 spiro atoms. The normalized spacial score (nSPS) is 16.7. The molecule has 1 aromatic carbocycles. The second kappa shape index (κ2) is 6.62. The molecule has 0 saturated carbocycles. The molecule has 3 rings (SSSR count). The number of likely N-dealkylation sites (tertiary alicyclic amines) is 1. The van der Waals surface area contributed by atoms with E-state index in [0.29, 0.717) is 30.5 Å². The molecule has 1 aliphatic heterocycles. The summed E-state index contributed by atoms with van der Waals surface area (Å²) < 4.78 is 32.3. The molecule has 0 radical (unpaired) electrons. The van der Waals surface area contributed by atoms with Crippen molar-refractivity contribution in [1.82, 2.24) is 9.88 Å². The zero-order valence-corrected chi connectivity index (χ0v) is 12.6. The third kappa shape index (κ3) is 3.33. The van der Waals surface area contributed by atoms with Crippen LogP contribution in [0.25, 0.3) is 0 Å². The maximum Gasteiger partial charge on any atom is 0.256 e. The predicted octanol–water partition coefficient (Wildman–Crippen LogP) is 2.52. The molecule has 0 N–H and O–H groups in total. The number of hydrogen-bond donors (Lipinski definition) is 0. The summed E-state index contributed by atoms with van der Waals surface area (Å²) in [5, 5.41) is 8.86. The van der Waals surface area contributed by atoms with Gasteiger partial charge in [-0.1, -0.05) is 0 Å². The standard InChI is InChI=1S/C17H13F2N3O2/c18-12-1-2-14(15(19)8-12)17(23)22-6-4-13(10-22)24-16-7-11(9-20)3-5-21-16/h1-3,5,7-8,13H,4,6,10H2. The van der Waals surface area contributed by atoms with Crippen LogP contribution < -0.4 is 4.74 Å². The van der Waals surface area contributed by atoms with Crippen LogP contribution in [0.1, 0.15) is 22.3 Å². The Kier molecular flexibility index (Phi) is 4.38. The fraction of sp³-hybridized carbons (Fsp3) is 0.235. The van der Waals surface area contributed by atoms with Crippen molar-refractivity contribution in [3.63, 3.8) is 0 Å². The fourth-order valence-electron chi connectivity index (χ4n) is 2.56. The molecule has 5 nitrogen and oxygen atoms in total. The van der Waals surface area contributed by atoms with E-state index < -0.39 is 17.5 Å². The molecule has 1 aliphatic rings. The van der Waals surface area contributed by atoms with Crippen LogP contribution >= 0.6 is 0 Å². The van der Waals surface area contributed by atoms with Gasteiger partial charge in [-0.15, -0.1) is 0 Å². The monoisotopic (exact) mass is 329 g/mol. The Morgan fingerprint density at radius 3 is 2.92 bits per heavy atom. The lowest BCUT2D eigenvalue weighted by molar-refractivity contribution is 0.0766. The Morgan fingerprint density at radius 2 is 2.17 bits per heavy atom. The summed E-state index contributed by atoms with van der Waals surface area (Å²) >= 11 is 0. The van der Waals surface area contributed by atoms with Crippen LogP contribution in [0.4, 0.5) is 8.78 Å². The van der Waals surface area contributed by atoms with Crippen LogP contribution in [0.5, 0.6) is 5.88 Å². The van der Waals surface area contributed by atoms with E-state index in [1.165, 1.54) is 17.2 Å². The first-order valence-electron chi connectivity index (χ1n) is 7.34. The second-order valence-corrected chi connectivity index (χ2v) is 5.40. The SMILES string of the molecule is N#Cc1ccnc(OC2CCN(C(=O)c3ccc(F)cc3F)C2)c1. The van der Waals surface area contributed by atoms with Crippen molar-refractivity contribution < 1.29 is 18.3 Å². The Morgan fingerprint density at radius 1 is 1.33 bits per heavy atom. The van der Waals surface area contributed by atoms with Gasteiger partial charge in [0.2, 0.25) is 5.88 Å². The van der Waals surface area contributed by atoms with Gasteiger partial charge in [0.1, 0.15) is 17.7 Å². The summed E-state index contributed by atoms with van der Waals surface area (Å²) in [6.07, 6.45) is 1.74. The average molecular weight is 329 g/mol. The lowest BCUT2D eigenvalue weighted by Gasteiger charge is -2.17. The third-order valence-electron chi connectivity index (χ3n) is 3.75. The quantitative estimate of drug-likeness (QED) is 0.868. The van der Waals surface area contributed by atoms with Crippen LogP contribution in [0, 0.1) is 23.0 Å². The molecule has 0 bridgehead atoms. The Balaban J connectivity index is 1.66. The molecule has 122 valence electrons. The van der Waals surface area contributed by atoms with Crippen LogP contribution in [0.15, 0.2) is 36.5 Å². The van der Waals surface area contributed by atoms with Gasteiger partial charge >= 0.3 is 0 Å². The molecule has 7 heteroatoms. The number of pyridine rings is 1. The van der Waals surface area contributed by atoms with E-state index in [1.54, 1.807) is 6.07 Å². The largest absolute Gasteiger partial charge is 0.472 e. The molecule has 1 saturated heterocycles. The number of carbonyl (C=O) groups is 1. The van der Waals surface area contributed by atoms with Crippen LogP contribution in [-0.4, -0.2) is 35.0 Å². The number of nitriles is 1. The first-order valence-corrected chi connectivity index (χ1v) is 7.34. The number of amides is 1. The van der Waals surface area contributed by atoms with E-state index in [1.807, 2.05) is 6.07 Å². The molecule has 1 amide bonds. The summed E-state index contributed by atoms with van der Waals surface area (Å²) in [6.45, 7) is 0.673. The molecule has 1 unspecified atom stereocenters. The number of ether oxygens (including phenoxy) is 1. The third-order valence-corrected chi connectivity index (χ3v) is 3.75. The van der Waals surface area contributed by atoms with Gasteiger partial charge in [-0.05, 0) is 18.2 Å². The van der Waals surface area contributed by atoms with E-state index in [0.717, 1.165) is 12.1 Å². The average Bonchev–Trinajstić information content (AvgIpc) is 3.03. The maximum absolute atomic E-state index is 13.7. The molecule has 1 aromatic heterocycles. The molecule has 24 heavy (non-hydrogen) atoms. The Bertz CT molecular complexity index is 820. The number of nitrogens with zero attached hydrogens (tertiary/aromatic N) is 3. The Labute approximate surface area is 137 Å². The molecular formula is C17H13F2N3O2. The van der Waals surface area contributed by atoms with Gasteiger partial charge in [0, 0.05) is 31.3 Å². The van der Waals surface area contributed by atoms with Crippen LogP contribution in [0.2, 0.25) is 0 Å². The van der Waals surface area contributed by atoms with E-state index in [9.17, 15) is 13.6 Å². The molecule has 2 heterocycles. The van der Waals surface area contributed by atoms with Gasteiger partial charge in [-0.25, -0.2) is 13.8 Å². The van der Waals surface area contributed by atoms with E-state index >= 15 is 0 Å². The number of aromatic nitrogens is 1. The highest BCUT2D eigenvalue weighted by molar-refractivity contribution is 5.94. The topological polar surface area (TPSA) is 66.2 Å². The number of carbonyl (C=O) groups excluding carboxylic acids is 1. The van der Waals surface area contributed by atoms with Crippen molar-refractivity contribution in [3.05, 3.63) is 59.3 Å². The van der Waals surface area contributed by atoms with E-state index in [4.69, 9.17) is 10.00 Å². The van der Waals surface area contributed by atoms with Crippen LogP contribution in [0.3, 0.4) is 0 Å². The summed E-state index contributed by atoms with van der Waals surface area (Å²) in [4.78, 5) is 17.8. The maximum atomic E-state index is 13.7. The zero-order valence-electron chi connectivity index (χ0n) is 12.6. The van der Waals surface area contributed by atoms with Gasteiger partial charge in [0.05, 0.1) is 23.7 Å². The van der Waals surface area contributed by atoms with E-state index in [2.05, 4.69) is 4.98 Å². The minimum Gasteiger partial charge on any atom is -0.472 e. The smallest absolute Gasteiger partial charge is 0.256 e. The summed E-state index contributed by atoms with van der Waals surface area (Å²) in [5.74, 6) is -1.80. The van der Waals surface area contributed by atoms with Gasteiger partial charge in [0.15, 0.2) is 0 Å². The molecule has 1 fully saturated rings. The van der Waals surface area contributed by atoms with Gasteiger partial charge in [0.25, 0.3) is 5.91 Å². The lowest BCUT2D eigenvalue weighted by Crippen LogP contribution is -2.31. The number of rotatable bonds is 3. The van der Waals surface area contributed by atoms with Crippen molar-refractivity contribution in [1.29, 1.82) is 5.26 Å². The van der Waals surface area contributed by atoms with Crippen molar-refractivity contribution in [2.75, 3.05) is 13.1 Å². The van der Waals surface area contributed by atoms with Gasteiger partial charge in [-0.2, -0.15) is 5.26 Å². The molecule has 2 aromatic rings. The summed E-state index contributed by atoms with van der Waals surface area (Å²) in [6, 6.07) is 7.96. The highest BCUT2D eigenvalue weighted by atomic mass is 19.1. The minimum atomic E-state index is -0.882. The highest BCUT2D eigenvalue weighted by Gasteiger charge is 2.29. The molecular weight excluding hydrogens is 316 g/mol. The fourth-order valence-corrected chi connectivity index (χ4v) is 2.56. The first kappa shape index (κ1) is 15.9. The van der Waals surface area contributed by atoms with Crippen molar-refractivity contribution in [3.8, 4) is 11.9 Å². The van der Waals surface area contributed by atoms with Crippen molar-refractivity contribution in [2.45, 2.75) is 12.5 Å². The zero-order chi connectivity index (χ0) is 17.1. The second-order valence-electron chi connectivity index (χ2n) is 5.40. The lowest BCUT2D eigenvalue weighted by atomic mass is 10.2. The molecule has 1 atom stereocenters. The van der Waals surface area contributed by atoms with E-state index in [-0.39, 0.29) is 18.2 Å².